The Kier molecular flexibility index (Phi) is 9.30. The van der Waals surface area contributed by atoms with Gasteiger partial charge in [0.2, 0.25) is 0 Å². The summed E-state index contributed by atoms with van der Waals surface area (Å²) >= 11 is 0. The number of carbonyl (C=O) groups excluding carboxylic acids is 2. The summed E-state index contributed by atoms with van der Waals surface area (Å²) in [5.41, 5.74) is 3.49. The molecule has 0 aliphatic carbocycles. The van der Waals surface area contributed by atoms with Crippen molar-refractivity contribution in [1.82, 2.24) is 9.78 Å². The minimum atomic E-state index is -0.688. The smallest absolute Gasteiger partial charge is 0.331 e. The quantitative estimate of drug-likeness (QED) is 0.195. The van der Waals surface area contributed by atoms with E-state index in [1.807, 2.05) is 54.6 Å². The van der Waals surface area contributed by atoms with Crippen LogP contribution in [-0.2, 0) is 14.3 Å². The molecule has 0 radical (unpaired) electrons. The van der Waals surface area contributed by atoms with Crippen molar-refractivity contribution < 1.29 is 23.8 Å². The predicted molar refractivity (Wildman–Crippen MR) is 151 cm³/mol. The Morgan fingerprint density at radius 3 is 2.35 bits per heavy atom. The summed E-state index contributed by atoms with van der Waals surface area (Å²) in [7, 11) is 3.12. The largest absolute Gasteiger partial charge is 0.493 e. The van der Waals surface area contributed by atoms with Gasteiger partial charge in [0.25, 0.3) is 5.91 Å². The first-order valence-corrected chi connectivity index (χ1v) is 12.5. The minimum absolute atomic E-state index is 0.152. The van der Waals surface area contributed by atoms with Gasteiger partial charge in [0, 0.05) is 35.6 Å². The number of hydrogen-bond acceptors (Lipinski definition) is 7. The third kappa shape index (κ3) is 6.74. The van der Waals surface area contributed by atoms with Crippen molar-refractivity contribution in [3.63, 3.8) is 0 Å². The number of rotatable bonds is 11. The lowest BCUT2D eigenvalue weighted by Crippen LogP contribution is -2.35. The SMILES string of the molecule is COc1ccc(-c2nn(-c3ccccc3)cc2/C=C/C(=O)OCC(=O)N(CCC#N)c2ccccc2)cc1OC. The second kappa shape index (κ2) is 13.4. The minimum Gasteiger partial charge on any atom is -0.493 e. The molecule has 202 valence electrons. The summed E-state index contributed by atoms with van der Waals surface area (Å²) in [5.74, 6) is 0.0124. The molecule has 3 aromatic carbocycles. The number of esters is 1. The molecule has 1 amide bonds. The number of nitriles is 1. The summed E-state index contributed by atoms with van der Waals surface area (Å²) in [6.07, 6.45) is 4.80. The summed E-state index contributed by atoms with van der Waals surface area (Å²) in [6, 6.07) is 26.0. The molecule has 0 N–H and O–H groups in total. The highest BCUT2D eigenvalue weighted by Crippen LogP contribution is 2.33. The summed E-state index contributed by atoms with van der Waals surface area (Å²) < 4.78 is 17.8. The van der Waals surface area contributed by atoms with Gasteiger partial charge in [-0.05, 0) is 48.5 Å². The maximum atomic E-state index is 12.8. The number of carbonyl (C=O) groups is 2. The fourth-order valence-electron chi connectivity index (χ4n) is 4.01. The molecule has 0 fully saturated rings. The van der Waals surface area contributed by atoms with Gasteiger partial charge in [-0.1, -0.05) is 36.4 Å². The molecule has 9 nitrogen and oxygen atoms in total. The molecular weight excluding hydrogens is 508 g/mol. The van der Waals surface area contributed by atoms with Crippen LogP contribution in [0.5, 0.6) is 11.5 Å². The molecule has 0 saturated carbocycles. The molecule has 0 spiro atoms. The van der Waals surface area contributed by atoms with E-state index in [0.717, 1.165) is 11.3 Å². The third-order valence-corrected chi connectivity index (χ3v) is 5.97. The third-order valence-electron chi connectivity index (χ3n) is 5.97. The number of benzene rings is 3. The Morgan fingerprint density at radius 1 is 0.975 bits per heavy atom. The van der Waals surface area contributed by atoms with Crippen LogP contribution in [0, 0.1) is 11.3 Å². The maximum Gasteiger partial charge on any atom is 0.331 e. The van der Waals surface area contributed by atoms with E-state index in [4.69, 9.17) is 24.6 Å². The Balaban J connectivity index is 1.54. The Morgan fingerprint density at radius 2 is 1.68 bits per heavy atom. The summed E-state index contributed by atoms with van der Waals surface area (Å²) in [4.78, 5) is 26.9. The van der Waals surface area contributed by atoms with Crippen LogP contribution in [0.3, 0.4) is 0 Å². The molecule has 4 rings (SSSR count). The van der Waals surface area contributed by atoms with E-state index in [1.165, 1.54) is 11.0 Å². The van der Waals surface area contributed by atoms with Gasteiger partial charge in [-0.2, -0.15) is 10.4 Å². The molecule has 40 heavy (non-hydrogen) atoms. The van der Waals surface area contributed by atoms with Crippen molar-refractivity contribution in [3.8, 4) is 34.5 Å². The maximum absolute atomic E-state index is 12.8. The van der Waals surface area contributed by atoms with Crippen LogP contribution in [0.1, 0.15) is 12.0 Å². The molecule has 0 aliphatic heterocycles. The highest BCUT2D eigenvalue weighted by atomic mass is 16.5. The zero-order valence-corrected chi connectivity index (χ0v) is 22.2. The zero-order valence-electron chi connectivity index (χ0n) is 22.2. The second-order valence-electron chi connectivity index (χ2n) is 8.51. The monoisotopic (exact) mass is 536 g/mol. The average molecular weight is 537 g/mol. The number of anilines is 1. The topological polar surface area (TPSA) is 107 Å². The lowest BCUT2D eigenvalue weighted by atomic mass is 10.1. The Hall–Kier alpha value is -5.36. The van der Waals surface area contributed by atoms with E-state index in [2.05, 4.69) is 0 Å². The fourth-order valence-corrected chi connectivity index (χ4v) is 4.01. The van der Waals surface area contributed by atoms with Gasteiger partial charge in [0.15, 0.2) is 18.1 Å². The molecule has 1 heterocycles. The van der Waals surface area contributed by atoms with Crippen LogP contribution in [0.4, 0.5) is 5.69 Å². The van der Waals surface area contributed by atoms with Crippen LogP contribution in [0.2, 0.25) is 0 Å². The van der Waals surface area contributed by atoms with Crippen molar-refractivity contribution >= 4 is 23.6 Å². The highest BCUT2D eigenvalue weighted by molar-refractivity contribution is 5.96. The number of nitrogens with zero attached hydrogens (tertiary/aromatic N) is 4. The van der Waals surface area contributed by atoms with Crippen molar-refractivity contribution in [2.24, 2.45) is 0 Å². The molecule has 0 atom stereocenters. The first-order chi connectivity index (χ1) is 19.5. The van der Waals surface area contributed by atoms with Gasteiger partial charge in [-0.3, -0.25) is 4.79 Å². The number of para-hydroxylation sites is 2. The Bertz CT molecular complexity index is 1520. The molecule has 1 aromatic heterocycles. The van der Waals surface area contributed by atoms with Crippen LogP contribution in [0.25, 0.3) is 23.0 Å². The van der Waals surface area contributed by atoms with Gasteiger partial charge >= 0.3 is 5.97 Å². The van der Waals surface area contributed by atoms with Crippen molar-refractivity contribution in [2.45, 2.75) is 6.42 Å². The fraction of sp³-hybridized carbons (Fsp3) is 0.161. The first kappa shape index (κ1) is 27.7. The molecule has 0 aliphatic rings. The van der Waals surface area contributed by atoms with E-state index in [1.54, 1.807) is 61.5 Å². The number of hydrogen-bond donors (Lipinski definition) is 0. The van der Waals surface area contributed by atoms with E-state index in [9.17, 15) is 9.59 Å². The molecule has 0 saturated heterocycles. The van der Waals surface area contributed by atoms with Gasteiger partial charge in [0.1, 0.15) is 5.69 Å². The van der Waals surface area contributed by atoms with Crippen LogP contribution in [0.15, 0.2) is 91.1 Å². The zero-order chi connectivity index (χ0) is 28.3. The average Bonchev–Trinajstić information content (AvgIpc) is 3.44. The molecule has 0 bridgehead atoms. The standard InChI is InChI=1S/C31H28N4O5/c1-38-27-16-14-23(20-28(27)39-2)31-24(21-35(33-31)26-12-7-4-8-13-26)15-17-30(37)40-22-29(36)34(19-9-18-32)25-10-5-3-6-11-25/h3-8,10-17,20-21H,9,19,22H2,1-2H3/b17-15+. The number of amides is 1. The van der Waals surface area contributed by atoms with Gasteiger partial charge in [0.05, 0.1) is 32.4 Å². The van der Waals surface area contributed by atoms with Crippen molar-refractivity contribution in [1.29, 1.82) is 5.26 Å². The molecule has 4 aromatic rings. The number of ether oxygens (including phenoxy) is 3. The summed E-state index contributed by atoms with van der Waals surface area (Å²) in [6.45, 7) is -0.268. The van der Waals surface area contributed by atoms with Crippen LogP contribution in [-0.4, -0.2) is 49.0 Å². The van der Waals surface area contributed by atoms with E-state index >= 15 is 0 Å². The summed E-state index contributed by atoms with van der Waals surface area (Å²) in [5, 5.41) is 13.7. The molecular formula is C31H28N4O5. The Labute approximate surface area is 232 Å². The van der Waals surface area contributed by atoms with Crippen molar-refractivity contribution in [3.05, 3.63) is 96.7 Å². The van der Waals surface area contributed by atoms with Gasteiger partial charge in [-0.25, -0.2) is 9.48 Å². The first-order valence-electron chi connectivity index (χ1n) is 12.5. The second-order valence-corrected chi connectivity index (χ2v) is 8.51. The van der Waals surface area contributed by atoms with Crippen molar-refractivity contribution in [2.75, 3.05) is 32.3 Å². The van der Waals surface area contributed by atoms with E-state index in [0.29, 0.717) is 28.4 Å². The lowest BCUT2D eigenvalue weighted by Gasteiger charge is -2.21. The number of aromatic nitrogens is 2. The van der Waals surface area contributed by atoms with Gasteiger partial charge < -0.3 is 19.1 Å². The number of methoxy groups -OCH3 is 2. The molecule has 9 heteroatoms. The highest BCUT2D eigenvalue weighted by Gasteiger charge is 2.18. The van der Waals surface area contributed by atoms with E-state index in [-0.39, 0.29) is 13.0 Å². The van der Waals surface area contributed by atoms with Crippen LogP contribution < -0.4 is 14.4 Å². The molecule has 0 unspecified atom stereocenters. The lowest BCUT2D eigenvalue weighted by molar-refractivity contribution is -0.142. The normalized spacial score (nSPS) is 10.6. The predicted octanol–water partition coefficient (Wildman–Crippen LogP) is 5.06. The van der Waals surface area contributed by atoms with Crippen LogP contribution >= 0.6 is 0 Å². The van der Waals surface area contributed by atoms with Gasteiger partial charge in [-0.15, -0.1) is 0 Å². The van der Waals surface area contributed by atoms with E-state index < -0.39 is 18.5 Å².